The maximum absolute atomic E-state index is 11.3. The molecule has 0 bridgehead atoms. The minimum atomic E-state index is -3.25. The van der Waals surface area contributed by atoms with Crippen LogP contribution in [0.15, 0.2) is 0 Å². The maximum Gasteiger partial charge on any atom is 0.320 e. The third-order valence-corrected chi connectivity index (χ3v) is 5.01. The molecule has 0 spiro atoms. The summed E-state index contributed by atoms with van der Waals surface area (Å²) in [6.07, 6.45) is 1.25. The van der Waals surface area contributed by atoms with Crippen LogP contribution in [0.5, 0.6) is 0 Å². The molecule has 3 unspecified atom stereocenters. The number of carbonyl (C=O) groups is 1. The summed E-state index contributed by atoms with van der Waals surface area (Å²) in [5.74, 6) is -0.841. The number of nitrogens with one attached hydrogen (secondary N) is 1. The highest BCUT2D eigenvalue weighted by atomic mass is 32.2. The van der Waals surface area contributed by atoms with Crippen molar-refractivity contribution in [1.82, 2.24) is 5.32 Å². The van der Waals surface area contributed by atoms with Crippen LogP contribution in [0.25, 0.3) is 0 Å². The topological polar surface area (TPSA) is 104 Å². The fourth-order valence-corrected chi connectivity index (χ4v) is 3.99. The molecule has 0 aromatic heterocycles. The Morgan fingerprint density at radius 2 is 2.18 bits per heavy atom. The third-order valence-electron chi connectivity index (χ3n) is 2.65. The molecule has 0 amide bonds. The second-order valence-corrected chi connectivity index (χ2v) is 7.23. The van der Waals surface area contributed by atoms with E-state index in [0.717, 1.165) is 0 Å². The van der Waals surface area contributed by atoms with Crippen molar-refractivity contribution in [3.05, 3.63) is 0 Å². The first-order valence-corrected chi connectivity index (χ1v) is 8.43. The van der Waals surface area contributed by atoms with Gasteiger partial charge < -0.3 is 10.2 Å². The van der Waals surface area contributed by atoms with E-state index in [1.165, 1.54) is 11.8 Å². The molecule has 1 fully saturated rings. The highest BCUT2D eigenvalue weighted by Crippen LogP contribution is 2.14. The second kappa shape index (κ2) is 6.03. The van der Waals surface area contributed by atoms with Crippen molar-refractivity contribution < 1.29 is 23.4 Å². The average molecular weight is 283 g/mol. The number of sulfone groups is 1. The molecule has 1 heterocycles. The molecule has 3 atom stereocenters. The van der Waals surface area contributed by atoms with Crippen LogP contribution in [-0.2, 0) is 14.6 Å². The Bertz CT molecular complexity index is 370. The van der Waals surface area contributed by atoms with E-state index in [4.69, 9.17) is 5.11 Å². The standard InChI is InChI=1S/C9H17NO5S2/c1-16-3-2-6(9(12)13)10-7-4-17(14,15)5-8(7)11/h6-8,10-11H,2-5H2,1H3,(H,12,13). The normalized spacial score (nSPS) is 29.1. The van der Waals surface area contributed by atoms with Crippen molar-refractivity contribution in [3.8, 4) is 0 Å². The zero-order valence-corrected chi connectivity index (χ0v) is 11.1. The molecule has 0 saturated carbocycles. The number of aliphatic carboxylic acids is 1. The van der Waals surface area contributed by atoms with E-state index in [0.29, 0.717) is 12.2 Å². The molecular formula is C9H17NO5S2. The molecule has 0 radical (unpaired) electrons. The molecule has 100 valence electrons. The largest absolute Gasteiger partial charge is 0.480 e. The Kier molecular flexibility index (Phi) is 5.23. The van der Waals surface area contributed by atoms with E-state index in [2.05, 4.69) is 5.32 Å². The van der Waals surface area contributed by atoms with Crippen molar-refractivity contribution in [2.75, 3.05) is 23.5 Å². The van der Waals surface area contributed by atoms with Gasteiger partial charge in [0.1, 0.15) is 6.04 Å². The summed E-state index contributed by atoms with van der Waals surface area (Å²) in [5.41, 5.74) is 0. The van der Waals surface area contributed by atoms with E-state index < -0.39 is 34.0 Å². The van der Waals surface area contributed by atoms with Gasteiger partial charge in [0.15, 0.2) is 9.84 Å². The monoisotopic (exact) mass is 283 g/mol. The number of thioether (sulfide) groups is 1. The zero-order valence-electron chi connectivity index (χ0n) is 9.50. The number of rotatable bonds is 6. The summed E-state index contributed by atoms with van der Waals surface area (Å²) in [6.45, 7) is 0. The summed E-state index contributed by atoms with van der Waals surface area (Å²) >= 11 is 1.52. The molecule has 1 rings (SSSR count). The minimum Gasteiger partial charge on any atom is -0.480 e. The lowest BCUT2D eigenvalue weighted by molar-refractivity contribution is -0.139. The van der Waals surface area contributed by atoms with Crippen LogP contribution in [-0.4, -0.2) is 66.3 Å². The fraction of sp³-hybridized carbons (Fsp3) is 0.889. The van der Waals surface area contributed by atoms with Crippen LogP contribution in [0.4, 0.5) is 0 Å². The first-order valence-electron chi connectivity index (χ1n) is 5.22. The van der Waals surface area contributed by atoms with Crippen LogP contribution in [0.1, 0.15) is 6.42 Å². The number of hydrogen-bond acceptors (Lipinski definition) is 6. The Balaban J connectivity index is 2.58. The van der Waals surface area contributed by atoms with Gasteiger partial charge in [0.05, 0.1) is 17.6 Å². The lowest BCUT2D eigenvalue weighted by Crippen LogP contribution is -2.48. The molecule has 0 aliphatic carbocycles. The quantitative estimate of drug-likeness (QED) is 0.571. The fourth-order valence-electron chi connectivity index (χ4n) is 1.76. The number of carboxylic acid groups (broad SMARTS) is 1. The van der Waals surface area contributed by atoms with E-state index in [9.17, 15) is 18.3 Å². The van der Waals surface area contributed by atoms with Gasteiger partial charge in [0.2, 0.25) is 0 Å². The van der Waals surface area contributed by atoms with Gasteiger partial charge >= 0.3 is 5.97 Å². The summed E-state index contributed by atoms with van der Waals surface area (Å²) in [5, 5.41) is 21.2. The Morgan fingerprint density at radius 1 is 1.53 bits per heavy atom. The van der Waals surface area contributed by atoms with Gasteiger partial charge in [-0.1, -0.05) is 0 Å². The molecule has 8 heteroatoms. The number of aliphatic hydroxyl groups is 1. The van der Waals surface area contributed by atoms with E-state index in [1.54, 1.807) is 0 Å². The van der Waals surface area contributed by atoms with Gasteiger partial charge in [0.25, 0.3) is 0 Å². The van der Waals surface area contributed by atoms with Gasteiger partial charge in [-0.2, -0.15) is 11.8 Å². The summed E-state index contributed by atoms with van der Waals surface area (Å²) in [4.78, 5) is 11.0. The number of hydrogen-bond donors (Lipinski definition) is 3. The van der Waals surface area contributed by atoms with Crippen molar-refractivity contribution in [2.24, 2.45) is 0 Å². The van der Waals surface area contributed by atoms with Crippen molar-refractivity contribution in [1.29, 1.82) is 0 Å². The molecular weight excluding hydrogens is 266 g/mol. The molecule has 0 aromatic rings. The van der Waals surface area contributed by atoms with Gasteiger partial charge in [-0.15, -0.1) is 0 Å². The van der Waals surface area contributed by atoms with Gasteiger partial charge in [-0.3, -0.25) is 10.1 Å². The molecule has 1 aliphatic heterocycles. The second-order valence-electron chi connectivity index (χ2n) is 4.09. The lowest BCUT2D eigenvalue weighted by Gasteiger charge is -2.20. The Morgan fingerprint density at radius 3 is 2.59 bits per heavy atom. The highest BCUT2D eigenvalue weighted by Gasteiger charge is 2.38. The predicted molar refractivity (Wildman–Crippen MR) is 66.0 cm³/mol. The number of aliphatic hydroxyl groups excluding tert-OH is 1. The molecule has 17 heavy (non-hydrogen) atoms. The van der Waals surface area contributed by atoms with Crippen LogP contribution in [0.3, 0.4) is 0 Å². The van der Waals surface area contributed by atoms with Gasteiger partial charge in [-0.05, 0) is 18.4 Å². The van der Waals surface area contributed by atoms with E-state index >= 15 is 0 Å². The predicted octanol–water partition coefficient (Wildman–Crippen LogP) is -1.06. The first-order chi connectivity index (χ1) is 7.85. The smallest absolute Gasteiger partial charge is 0.320 e. The van der Waals surface area contributed by atoms with Crippen LogP contribution < -0.4 is 5.32 Å². The Hall–Kier alpha value is -0.310. The lowest BCUT2D eigenvalue weighted by atomic mass is 10.1. The van der Waals surface area contributed by atoms with Crippen molar-refractivity contribution in [3.63, 3.8) is 0 Å². The minimum absolute atomic E-state index is 0.197. The third kappa shape index (κ3) is 4.46. The zero-order chi connectivity index (χ0) is 13.1. The highest BCUT2D eigenvalue weighted by molar-refractivity contribution is 7.98. The van der Waals surface area contributed by atoms with Crippen molar-refractivity contribution >= 4 is 27.6 Å². The summed E-state index contributed by atoms with van der Waals surface area (Å²) in [7, 11) is -3.25. The van der Waals surface area contributed by atoms with Gasteiger partial charge in [-0.25, -0.2) is 8.42 Å². The van der Waals surface area contributed by atoms with Gasteiger partial charge in [0, 0.05) is 6.04 Å². The first kappa shape index (κ1) is 14.7. The van der Waals surface area contributed by atoms with Crippen molar-refractivity contribution in [2.45, 2.75) is 24.6 Å². The molecule has 1 aliphatic rings. The van der Waals surface area contributed by atoms with Crippen LogP contribution >= 0.6 is 11.8 Å². The molecule has 0 aromatic carbocycles. The SMILES string of the molecule is CSCCC(NC1CS(=O)(=O)CC1O)C(=O)O. The number of carboxylic acids is 1. The summed E-state index contributed by atoms with van der Waals surface area (Å²) < 4.78 is 22.5. The van der Waals surface area contributed by atoms with E-state index in [1.807, 2.05) is 6.26 Å². The van der Waals surface area contributed by atoms with Crippen LogP contribution in [0.2, 0.25) is 0 Å². The maximum atomic E-state index is 11.3. The Labute approximate surface area is 105 Å². The molecule has 1 saturated heterocycles. The van der Waals surface area contributed by atoms with E-state index in [-0.39, 0.29) is 11.5 Å². The summed E-state index contributed by atoms with van der Waals surface area (Å²) in [6, 6.07) is -1.49. The molecule has 3 N–H and O–H groups in total. The van der Waals surface area contributed by atoms with Crippen LogP contribution in [0, 0.1) is 0 Å². The molecule has 6 nitrogen and oxygen atoms in total. The average Bonchev–Trinajstić information content (AvgIpc) is 2.46.